The summed E-state index contributed by atoms with van der Waals surface area (Å²) in [5, 5.41) is 2.58. The van der Waals surface area contributed by atoms with Crippen LogP contribution in [0, 0.1) is 31.0 Å². The Kier molecular flexibility index (Phi) is 12.4. The van der Waals surface area contributed by atoms with Crippen molar-refractivity contribution < 1.29 is 20.1 Å². The third-order valence-electron chi connectivity index (χ3n) is 7.74. The van der Waals surface area contributed by atoms with Crippen LogP contribution in [0.25, 0.3) is 55.6 Å². The second kappa shape index (κ2) is 17.3. The first-order valence-electron chi connectivity index (χ1n) is 16.2. The Bertz CT molecular complexity index is 2010. The molecule has 0 aliphatic rings. The number of aromatic nitrogens is 4. The number of fused-ring (bicyclic) bond motifs is 3. The number of benzene rings is 4. The van der Waals surface area contributed by atoms with E-state index < -0.39 is 0 Å². The van der Waals surface area contributed by atoms with Gasteiger partial charge in [-0.05, 0) is 64.6 Å². The smallest absolute Gasteiger partial charge is 0.380 e. The minimum Gasteiger partial charge on any atom is -0.380 e. The first kappa shape index (κ1) is 35.1. The predicted molar refractivity (Wildman–Crippen MR) is 198 cm³/mol. The minimum absolute atomic E-state index is 0. The fourth-order valence-electron chi connectivity index (χ4n) is 5.48. The van der Waals surface area contributed by atoms with Gasteiger partial charge in [0.15, 0.2) is 0 Å². The first-order chi connectivity index (χ1) is 23.6. The molecule has 0 spiro atoms. The Hall–Kier alpha value is -5.22. The van der Waals surface area contributed by atoms with Gasteiger partial charge in [-0.25, -0.2) is 0 Å². The van der Waals surface area contributed by atoms with E-state index >= 15 is 0 Å². The van der Waals surface area contributed by atoms with Crippen LogP contribution in [0.2, 0.25) is 0 Å². The maximum atomic E-state index is 4.55. The molecule has 0 atom stereocenters. The van der Waals surface area contributed by atoms with E-state index in [1.54, 1.807) is 12.4 Å². The van der Waals surface area contributed by atoms with E-state index in [0.29, 0.717) is 5.92 Å². The number of pyridine rings is 3. The van der Waals surface area contributed by atoms with Crippen molar-refractivity contribution in [3.05, 3.63) is 176 Å². The molecule has 0 bridgehead atoms. The number of para-hydroxylation sites is 1. The molecule has 4 aromatic carbocycles. The summed E-state index contributed by atoms with van der Waals surface area (Å²) in [6.45, 7) is 7.59. The van der Waals surface area contributed by atoms with Crippen LogP contribution in [0.1, 0.15) is 19.4 Å². The van der Waals surface area contributed by atoms with Crippen LogP contribution >= 0.6 is 0 Å². The summed E-state index contributed by atoms with van der Waals surface area (Å²) >= 11 is 0. The topological polar surface area (TPSA) is 43.6 Å². The Labute approximate surface area is 302 Å². The summed E-state index contributed by atoms with van der Waals surface area (Å²) in [7, 11) is 0. The van der Waals surface area contributed by atoms with Crippen LogP contribution in [0.5, 0.6) is 0 Å². The summed E-state index contributed by atoms with van der Waals surface area (Å²) in [4.78, 5) is 13.0. The first-order valence-corrected chi connectivity index (χ1v) is 16.2. The van der Waals surface area contributed by atoms with Crippen molar-refractivity contribution in [2.24, 2.45) is 5.92 Å². The molecule has 4 heterocycles. The van der Waals surface area contributed by atoms with Gasteiger partial charge in [0.1, 0.15) is 0 Å². The van der Waals surface area contributed by atoms with Crippen molar-refractivity contribution in [3.63, 3.8) is 0 Å². The summed E-state index contributed by atoms with van der Waals surface area (Å²) in [5.41, 5.74) is 9.77. The van der Waals surface area contributed by atoms with Crippen molar-refractivity contribution in [2.75, 3.05) is 0 Å². The average molecular weight is 814 g/mol. The molecule has 0 saturated carbocycles. The minimum atomic E-state index is 0. The van der Waals surface area contributed by atoms with E-state index in [9.17, 15) is 0 Å². The summed E-state index contributed by atoms with van der Waals surface area (Å²) in [6, 6.07) is 54.2. The molecule has 8 aromatic rings. The number of hydrogen-bond acceptors (Lipinski definition) is 3. The van der Waals surface area contributed by atoms with Gasteiger partial charge in [-0.2, -0.15) is 0 Å². The summed E-state index contributed by atoms with van der Waals surface area (Å²) in [5.74, 6) is 0.599. The van der Waals surface area contributed by atoms with Crippen LogP contribution in [0.4, 0.5) is 0 Å². The zero-order chi connectivity index (χ0) is 33.1. The van der Waals surface area contributed by atoms with E-state index in [0.717, 1.165) is 40.3 Å². The van der Waals surface area contributed by atoms with Crippen LogP contribution < -0.4 is 0 Å². The third kappa shape index (κ3) is 9.03. The molecule has 0 N–H and O–H groups in total. The molecule has 8 rings (SSSR count). The van der Waals surface area contributed by atoms with Crippen LogP contribution in [-0.2, 0) is 26.7 Å². The van der Waals surface area contributed by atoms with Gasteiger partial charge in [0.25, 0.3) is 0 Å². The molecule has 4 nitrogen and oxygen atoms in total. The second-order valence-corrected chi connectivity index (χ2v) is 11.9. The number of aryl methyl sites for hydroxylation is 1. The van der Waals surface area contributed by atoms with Crippen molar-refractivity contribution in [1.29, 1.82) is 0 Å². The molecule has 0 aliphatic heterocycles. The average Bonchev–Trinajstić information content (AvgIpc) is 3.46. The molecule has 5 heteroatoms. The van der Waals surface area contributed by atoms with Crippen LogP contribution in [0.15, 0.2) is 152 Å². The van der Waals surface area contributed by atoms with Crippen molar-refractivity contribution in [2.45, 2.75) is 27.3 Å². The SMILES string of the molecule is Cc1ccc(-c2[c-]cc3c(c2)c2ccccc2n3CC(C)C)nc1.[Ir+3].[c-]1ccccc1-c1ccccn1.[c-]1ccccc1-c1ccccn1. The van der Waals surface area contributed by atoms with Gasteiger partial charge in [-0.1, -0.05) is 73.8 Å². The van der Waals surface area contributed by atoms with E-state index in [4.69, 9.17) is 0 Å². The van der Waals surface area contributed by atoms with E-state index in [1.165, 1.54) is 27.4 Å². The predicted octanol–water partition coefficient (Wildman–Crippen LogP) is 10.7. The van der Waals surface area contributed by atoms with E-state index in [1.807, 2.05) is 91.1 Å². The van der Waals surface area contributed by atoms with Gasteiger partial charge >= 0.3 is 20.1 Å². The number of rotatable bonds is 5. The fourth-order valence-corrected chi connectivity index (χ4v) is 5.48. The van der Waals surface area contributed by atoms with Crippen molar-refractivity contribution >= 4 is 21.8 Å². The molecular formula is C44H37IrN4. The zero-order valence-electron chi connectivity index (χ0n) is 27.8. The second-order valence-electron chi connectivity index (χ2n) is 11.9. The van der Waals surface area contributed by atoms with Gasteiger partial charge in [-0.3, -0.25) is 0 Å². The normalized spacial score (nSPS) is 10.4. The van der Waals surface area contributed by atoms with Crippen LogP contribution in [-0.4, -0.2) is 19.5 Å². The maximum absolute atomic E-state index is 4.55. The van der Waals surface area contributed by atoms with Crippen molar-refractivity contribution in [3.8, 4) is 33.8 Å². The fraction of sp³-hybridized carbons (Fsp3) is 0.114. The molecule has 0 saturated heterocycles. The molecular weight excluding hydrogens is 777 g/mol. The molecule has 242 valence electrons. The molecule has 0 amide bonds. The Balaban J connectivity index is 0.000000157. The molecule has 0 unspecified atom stereocenters. The summed E-state index contributed by atoms with van der Waals surface area (Å²) < 4.78 is 2.41. The molecule has 0 fully saturated rings. The Morgan fingerprint density at radius 1 is 0.571 bits per heavy atom. The zero-order valence-corrected chi connectivity index (χ0v) is 30.2. The van der Waals surface area contributed by atoms with Gasteiger partial charge in [0.05, 0.1) is 0 Å². The van der Waals surface area contributed by atoms with E-state index in [2.05, 4.69) is 107 Å². The number of nitrogens with zero attached hydrogens (tertiary/aromatic N) is 4. The van der Waals surface area contributed by atoms with Gasteiger partial charge in [-0.15, -0.1) is 95.6 Å². The van der Waals surface area contributed by atoms with Crippen molar-refractivity contribution in [1.82, 2.24) is 19.5 Å². The maximum Gasteiger partial charge on any atom is 3.00 e. The largest absolute Gasteiger partial charge is 3.00 e. The van der Waals surface area contributed by atoms with Gasteiger partial charge in [0.2, 0.25) is 0 Å². The standard InChI is InChI=1S/C22H21N2.2C11H8N.Ir/c1-15(2)14-24-21-7-5-4-6-18(21)19-12-17(9-11-22(19)24)20-10-8-16(3)13-23-20;2*1-2-6-10(7-3-1)11-8-4-5-9-12-11;/h4-8,10-13,15H,14H2,1-3H3;2*1-6,8-9H;/q3*-1;+3. The number of hydrogen-bond donors (Lipinski definition) is 0. The van der Waals surface area contributed by atoms with Gasteiger partial charge in [0, 0.05) is 30.7 Å². The Morgan fingerprint density at radius 2 is 1.16 bits per heavy atom. The third-order valence-corrected chi connectivity index (χ3v) is 7.74. The molecule has 0 radical (unpaired) electrons. The van der Waals surface area contributed by atoms with Crippen LogP contribution in [0.3, 0.4) is 0 Å². The molecule has 49 heavy (non-hydrogen) atoms. The Morgan fingerprint density at radius 3 is 1.69 bits per heavy atom. The van der Waals surface area contributed by atoms with Gasteiger partial charge < -0.3 is 19.5 Å². The molecule has 0 aliphatic carbocycles. The monoisotopic (exact) mass is 814 g/mol. The van der Waals surface area contributed by atoms with E-state index in [-0.39, 0.29) is 20.1 Å². The quantitative estimate of drug-likeness (QED) is 0.163. The molecule has 4 aromatic heterocycles. The summed E-state index contributed by atoms with van der Waals surface area (Å²) in [6.07, 6.45) is 5.49.